The van der Waals surface area contributed by atoms with Crippen LogP contribution in [0.5, 0.6) is 0 Å². The molecule has 0 atom stereocenters. The summed E-state index contributed by atoms with van der Waals surface area (Å²) in [6.45, 7) is 1.95. The summed E-state index contributed by atoms with van der Waals surface area (Å²) in [5, 5.41) is 2.89. The predicted molar refractivity (Wildman–Crippen MR) is 84.4 cm³/mol. The number of pyridine rings is 1. The predicted octanol–water partition coefficient (Wildman–Crippen LogP) is 3.45. The molecule has 1 amide bonds. The lowest BCUT2D eigenvalue weighted by molar-refractivity contribution is -0.115. The Kier molecular flexibility index (Phi) is 4.00. The highest BCUT2D eigenvalue weighted by Crippen LogP contribution is 2.22. The Bertz CT molecular complexity index is 664. The Morgan fingerprint density at radius 2 is 2.00 bits per heavy atom. The van der Waals surface area contributed by atoms with Crippen LogP contribution in [0.25, 0.3) is 0 Å². The maximum absolute atomic E-state index is 12.2. The molecule has 0 spiro atoms. The second kappa shape index (κ2) is 6.08. The van der Waals surface area contributed by atoms with Crippen LogP contribution in [0.4, 0.5) is 5.82 Å². The molecule has 3 heteroatoms. The van der Waals surface area contributed by atoms with Gasteiger partial charge in [0.15, 0.2) is 0 Å². The normalized spacial score (nSPS) is 13.6. The van der Waals surface area contributed by atoms with Crippen molar-refractivity contribution in [1.82, 2.24) is 4.98 Å². The second-order valence-electron chi connectivity index (χ2n) is 5.70. The van der Waals surface area contributed by atoms with Crippen LogP contribution in [-0.2, 0) is 24.1 Å². The number of benzene rings is 1. The fourth-order valence-corrected chi connectivity index (χ4v) is 2.87. The summed E-state index contributed by atoms with van der Waals surface area (Å²) in [5.74, 6) is 0.646. The lowest BCUT2D eigenvalue weighted by Gasteiger charge is -2.16. The summed E-state index contributed by atoms with van der Waals surface area (Å²) < 4.78 is 0. The van der Waals surface area contributed by atoms with Crippen LogP contribution in [0, 0.1) is 6.92 Å². The highest BCUT2D eigenvalue weighted by molar-refractivity contribution is 5.92. The van der Waals surface area contributed by atoms with E-state index in [2.05, 4.69) is 28.5 Å². The van der Waals surface area contributed by atoms with Crippen LogP contribution < -0.4 is 5.32 Å². The highest BCUT2D eigenvalue weighted by Gasteiger charge is 2.11. The van der Waals surface area contributed by atoms with Gasteiger partial charge in [-0.05, 0) is 60.9 Å². The van der Waals surface area contributed by atoms with Gasteiger partial charge in [0.2, 0.25) is 5.91 Å². The minimum atomic E-state index is -0.00689. The van der Waals surface area contributed by atoms with E-state index in [0.717, 1.165) is 17.5 Å². The van der Waals surface area contributed by atoms with E-state index in [4.69, 9.17) is 0 Å². The topological polar surface area (TPSA) is 42.0 Å². The molecule has 0 saturated heterocycles. The number of carbonyl (C=O) groups excluding carboxylic acids is 1. The van der Waals surface area contributed by atoms with Crippen LogP contribution in [0.3, 0.4) is 0 Å². The number of nitrogens with zero attached hydrogens (tertiary/aromatic N) is 1. The first-order valence-electron chi connectivity index (χ1n) is 7.54. The number of aromatic nitrogens is 1. The van der Waals surface area contributed by atoms with Gasteiger partial charge in [0, 0.05) is 6.20 Å². The van der Waals surface area contributed by atoms with Gasteiger partial charge in [0.25, 0.3) is 0 Å². The third-order valence-electron chi connectivity index (χ3n) is 4.04. The number of anilines is 1. The second-order valence-corrected chi connectivity index (χ2v) is 5.70. The van der Waals surface area contributed by atoms with Crippen molar-refractivity contribution >= 4 is 11.7 Å². The van der Waals surface area contributed by atoms with Crippen molar-refractivity contribution in [2.24, 2.45) is 0 Å². The molecule has 0 fully saturated rings. The number of rotatable bonds is 3. The molecule has 0 saturated carbocycles. The Labute approximate surface area is 125 Å². The number of hydrogen-bond acceptors (Lipinski definition) is 2. The van der Waals surface area contributed by atoms with Gasteiger partial charge in [0.1, 0.15) is 5.82 Å². The van der Waals surface area contributed by atoms with E-state index in [1.807, 2.05) is 19.1 Å². The Morgan fingerprint density at radius 1 is 1.19 bits per heavy atom. The van der Waals surface area contributed by atoms with Crippen molar-refractivity contribution in [3.8, 4) is 0 Å². The molecule has 0 bridgehead atoms. The first-order chi connectivity index (χ1) is 10.2. The van der Waals surface area contributed by atoms with Crippen LogP contribution in [-0.4, -0.2) is 10.9 Å². The first-order valence-corrected chi connectivity index (χ1v) is 7.54. The van der Waals surface area contributed by atoms with Crippen molar-refractivity contribution in [1.29, 1.82) is 0 Å². The largest absolute Gasteiger partial charge is 0.310 e. The zero-order valence-corrected chi connectivity index (χ0v) is 12.4. The molecule has 108 valence electrons. The molecular weight excluding hydrogens is 260 g/mol. The van der Waals surface area contributed by atoms with Gasteiger partial charge >= 0.3 is 0 Å². The summed E-state index contributed by atoms with van der Waals surface area (Å²) in [5.41, 5.74) is 4.93. The van der Waals surface area contributed by atoms with E-state index in [-0.39, 0.29) is 5.91 Å². The van der Waals surface area contributed by atoms with Crippen LogP contribution in [0.15, 0.2) is 36.5 Å². The monoisotopic (exact) mass is 280 g/mol. The van der Waals surface area contributed by atoms with Gasteiger partial charge in [-0.15, -0.1) is 0 Å². The van der Waals surface area contributed by atoms with Crippen molar-refractivity contribution in [3.63, 3.8) is 0 Å². The van der Waals surface area contributed by atoms with E-state index in [0.29, 0.717) is 12.2 Å². The van der Waals surface area contributed by atoms with Crippen molar-refractivity contribution in [3.05, 3.63) is 58.8 Å². The quantitative estimate of drug-likeness (QED) is 0.935. The number of amides is 1. The van der Waals surface area contributed by atoms with Crippen molar-refractivity contribution in [2.45, 2.75) is 39.0 Å². The number of fused-ring (bicyclic) bond motifs is 1. The highest BCUT2D eigenvalue weighted by atomic mass is 16.1. The standard InChI is InChI=1S/C18H20N2O/c1-13-5-4-10-19-18(13)20-17(21)12-14-8-9-15-6-2-3-7-16(15)11-14/h4-5,8-11H,2-3,6-7,12H2,1H3,(H,19,20,21). The summed E-state index contributed by atoms with van der Waals surface area (Å²) in [6.07, 6.45) is 6.96. The van der Waals surface area contributed by atoms with Crippen molar-refractivity contribution in [2.75, 3.05) is 5.32 Å². The van der Waals surface area contributed by atoms with Gasteiger partial charge in [-0.3, -0.25) is 4.79 Å². The van der Waals surface area contributed by atoms with E-state index in [1.165, 1.54) is 30.4 Å². The first kappa shape index (κ1) is 13.8. The van der Waals surface area contributed by atoms with Gasteiger partial charge < -0.3 is 5.32 Å². The zero-order valence-electron chi connectivity index (χ0n) is 12.4. The maximum atomic E-state index is 12.2. The average Bonchev–Trinajstić information content (AvgIpc) is 2.49. The van der Waals surface area contributed by atoms with Crippen LogP contribution >= 0.6 is 0 Å². The molecule has 1 heterocycles. The van der Waals surface area contributed by atoms with E-state index in [9.17, 15) is 4.79 Å². The zero-order chi connectivity index (χ0) is 14.7. The Balaban J connectivity index is 1.69. The summed E-state index contributed by atoms with van der Waals surface area (Å²) >= 11 is 0. The molecule has 1 N–H and O–H groups in total. The smallest absolute Gasteiger partial charge is 0.229 e. The molecule has 3 nitrogen and oxygen atoms in total. The van der Waals surface area contributed by atoms with Gasteiger partial charge in [-0.1, -0.05) is 24.3 Å². The average molecular weight is 280 g/mol. The molecule has 21 heavy (non-hydrogen) atoms. The maximum Gasteiger partial charge on any atom is 0.229 e. The molecule has 1 aromatic heterocycles. The van der Waals surface area contributed by atoms with Crippen LogP contribution in [0.2, 0.25) is 0 Å². The number of aryl methyl sites for hydroxylation is 3. The van der Waals surface area contributed by atoms with E-state index >= 15 is 0 Å². The number of nitrogens with one attached hydrogen (secondary N) is 1. The SMILES string of the molecule is Cc1cccnc1NC(=O)Cc1ccc2c(c1)CCCC2. The molecule has 3 rings (SSSR count). The third-order valence-corrected chi connectivity index (χ3v) is 4.04. The molecule has 1 aliphatic carbocycles. The number of carbonyl (C=O) groups is 1. The Hall–Kier alpha value is -2.16. The lowest BCUT2D eigenvalue weighted by atomic mass is 9.90. The summed E-state index contributed by atoms with van der Waals surface area (Å²) in [4.78, 5) is 16.3. The molecule has 1 aliphatic rings. The molecule has 0 aliphatic heterocycles. The Morgan fingerprint density at radius 3 is 2.81 bits per heavy atom. The lowest BCUT2D eigenvalue weighted by Crippen LogP contribution is -2.16. The van der Waals surface area contributed by atoms with Crippen molar-refractivity contribution < 1.29 is 4.79 Å². The minimum absolute atomic E-state index is 0.00689. The molecule has 1 aromatic carbocycles. The van der Waals surface area contributed by atoms with E-state index < -0.39 is 0 Å². The van der Waals surface area contributed by atoms with Crippen LogP contribution in [0.1, 0.15) is 35.1 Å². The van der Waals surface area contributed by atoms with Gasteiger partial charge in [0.05, 0.1) is 6.42 Å². The fraction of sp³-hybridized carbons (Fsp3) is 0.333. The summed E-state index contributed by atoms with van der Waals surface area (Å²) in [7, 11) is 0. The third kappa shape index (κ3) is 3.30. The fourth-order valence-electron chi connectivity index (χ4n) is 2.87. The number of hydrogen-bond donors (Lipinski definition) is 1. The molecular formula is C18H20N2O. The van der Waals surface area contributed by atoms with Gasteiger partial charge in [-0.25, -0.2) is 4.98 Å². The molecule has 0 unspecified atom stereocenters. The summed E-state index contributed by atoms with van der Waals surface area (Å²) in [6, 6.07) is 10.3. The van der Waals surface area contributed by atoms with Gasteiger partial charge in [-0.2, -0.15) is 0 Å². The molecule has 0 radical (unpaired) electrons. The molecule has 2 aromatic rings. The minimum Gasteiger partial charge on any atom is -0.310 e. The van der Waals surface area contributed by atoms with E-state index in [1.54, 1.807) is 6.20 Å².